The first kappa shape index (κ1) is 14.5. The number of urea groups is 1. The third-order valence-electron chi connectivity index (χ3n) is 3.60. The van der Waals surface area contributed by atoms with Crippen LogP contribution in [0, 0.1) is 0 Å². The number of ether oxygens (including phenoxy) is 1. The molecule has 0 aliphatic heterocycles. The van der Waals surface area contributed by atoms with E-state index in [1.807, 2.05) is 0 Å². The number of anilines is 1. The predicted octanol–water partition coefficient (Wildman–Crippen LogP) is 2.58. The lowest BCUT2D eigenvalue weighted by Crippen LogP contribution is -2.36. The Kier molecular flexibility index (Phi) is 4.74. The molecule has 0 spiro atoms. The van der Waals surface area contributed by atoms with E-state index >= 15 is 0 Å². The van der Waals surface area contributed by atoms with Crippen molar-refractivity contribution in [2.75, 3.05) is 12.4 Å². The maximum Gasteiger partial charge on any atom is 0.319 e. The maximum atomic E-state index is 11.9. The molecule has 5 nitrogen and oxygen atoms in total. The molecule has 0 heterocycles. The Morgan fingerprint density at radius 2 is 1.90 bits per heavy atom. The number of hydrogen-bond donors (Lipinski definition) is 2. The Hall–Kier alpha value is -1.88. The lowest BCUT2D eigenvalue weighted by molar-refractivity contribution is 0.101. The van der Waals surface area contributed by atoms with E-state index in [0.717, 1.165) is 19.3 Å². The van der Waals surface area contributed by atoms with Crippen molar-refractivity contribution in [2.45, 2.75) is 38.3 Å². The lowest BCUT2D eigenvalue weighted by Gasteiger charge is -2.14. The Morgan fingerprint density at radius 1 is 1.20 bits per heavy atom. The zero-order valence-electron chi connectivity index (χ0n) is 11.8. The molecule has 1 aromatic carbocycles. The van der Waals surface area contributed by atoms with Crippen LogP contribution in [0.15, 0.2) is 24.3 Å². The molecule has 2 unspecified atom stereocenters. The minimum Gasteiger partial charge on any atom is -0.381 e. The van der Waals surface area contributed by atoms with Crippen molar-refractivity contribution in [2.24, 2.45) is 0 Å². The summed E-state index contributed by atoms with van der Waals surface area (Å²) in [5.41, 5.74) is 1.31. The number of rotatable bonds is 4. The lowest BCUT2D eigenvalue weighted by atomic mass is 10.1. The zero-order valence-corrected chi connectivity index (χ0v) is 11.8. The van der Waals surface area contributed by atoms with Gasteiger partial charge >= 0.3 is 6.03 Å². The van der Waals surface area contributed by atoms with E-state index in [1.165, 1.54) is 6.92 Å². The van der Waals surface area contributed by atoms with Gasteiger partial charge in [0.25, 0.3) is 0 Å². The van der Waals surface area contributed by atoms with E-state index in [2.05, 4.69) is 10.6 Å². The first-order chi connectivity index (χ1) is 9.58. The molecule has 0 bridgehead atoms. The van der Waals surface area contributed by atoms with E-state index < -0.39 is 0 Å². The number of ketones is 1. The molecule has 0 saturated heterocycles. The zero-order chi connectivity index (χ0) is 14.5. The summed E-state index contributed by atoms with van der Waals surface area (Å²) < 4.78 is 5.27. The number of carbonyl (C=O) groups is 2. The molecule has 1 aliphatic rings. The summed E-state index contributed by atoms with van der Waals surface area (Å²) in [6.45, 7) is 1.52. The molecular formula is C15H20N2O3. The van der Waals surface area contributed by atoms with E-state index in [9.17, 15) is 9.59 Å². The fourth-order valence-electron chi connectivity index (χ4n) is 2.43. The van der Waals surface area contributed by atoms with Crippen LogP contribution in [0.3, 0.4) is 0 Å². The summed E-state index contributed by atoms with van der Waals surface area (Å²) in [7, 11) is 1.70. The molecule has 1 aliphatic carbocycles. The normalized spacial score (nSPS) is 21.5. The number of Topliss-reactive ketones (excluding diaryl/α,β-unsaturated/α-hetero) is 1. The van der Waals surface area contributed by atoms with Crippen LogP contribution in [0.4, 0.5) is 10.5 Å². The number of carbonyl (C=O) groups excluding carboxylic acids is 2. The summed E-state index contributed by atoms with van der Waals surface area (Å²) in [5, 5.41) is 5.70. The monoisotopic (exact) mass is 276 g/mol. The summed E-state index contributed by atoms with van der Waals surface area (Å²) in [6.07, 6.45) is 3.02. The van der Waals surface area contributed by atoms with E-state index in [0.29, 0.717) is 11.3 Å². The van der Waals surface area contributed by atoms with Crippen LogP contribution in [0.1, 0.15) is 36.5 Å². The summed E-state index contributed by atoms with van der Waals surface area (Å²) >= 11 is 0. The van der Waals surface area contributed by atoms with Gasteiger partial charge in [-0.15, -0.1) is 0 Å². The van der Waals surface area contributed by atoms with Crippen LogP contribution in [0.2, 0.25) is 0 Å². The maximum absolute atomic E-state index is 11.9. The van der Waals surface area contributed by atoms with Gasteiger partial charge in [0.2, 0.25) is 0 Å². The smallest absolute Gasteiger partial charge is 0.319 e. The van der Waals surface area contributed by atoms with E-state index in [-0.39, 0.29) is 24.0 Å². The van der Waals surface area contributed by atoms with Gasteiger partial charge in [0, 0.05) is 24.4 Å². The van der Waals surface area contributed by atoms with Crippen molar-refractivity contribution in [1.29, 1.82) is 0 Å². The molecule has 2 rings (SSSR count). The molecule has 5 heteroatoms. The van der Waals surface area contributed by atoms with Gasteiger partial charge in [-0.3, -0.25) is 4.79 Å². The van der Waals surface area contributed by atoms with Gasteiger partial charge in [-0.05, 0) is 50.5 Å². The molecule has 2 amide bonds. The molecule has 2 N–H and O–H groups in total. The largest absolute Gasteiger partial charge is 0.381 e. The average molecular weight is 276 g/mol. The van der Waals surface area contributed by atoms with Crippen molar-refractivity contribution >= 4 is 17.5 Å². The SMILES string of the molecule is COC1CCC(NC(=O)Nc2ccc(C(C)=O)cc2)C1. The third kappa shape index (κ3) is 3.81. The van der Waals surface area contributed by atoms with Crippen molar-refractivity contribution in [3.8, 4) is 0 Å². The van der Waals surface area contributed by atoms with Crippen LogP contribution < -0.4 is 10.6 Å². The van der Waals surface area contributed by atoms with Crippen LogP contribution in [-0.2, 0) is 4.74 Å². The number of benzene rings is 1. The van der Waals surface area contributed by atoms with Gasteiger partial charge in [0.1, 0.15) is 0 Å². The van der Waals surface area contributed by atoms with Crippen molar-refractivity contribution in [3.63, 3.8) is 0 Å². The van der Waals surface area contributed by atoms with E-state index in [1.54, 1.807) is 31.4 Å². The van der Waals surface area contributed by atoms with E-state index in [4.69, 9.17) is 4.74 Å². The third-order valence-corrected chi connectivity index (χ3v) is 3.60. The molecule has 108 valence electrons. The Morgan fingerprint density at radius 3 is 2.45 bits per heavy atom. The molecule has 20 heavy (non-hydrogen) atoms. The molecule has 1 aromatic rings. The van der Waals surface area contributed by atoms with Gasteiger partial charge in [-0.2, -0.15) is 0 Å². The molecular weight excluding hydrogens is 256 g/mol. The first-order valence-electron chi connectivity index (χ1n) is 6.80. The second kappa shape index (κ2) is 6.52. The second-order valence-corrected chi connectivity index (χ2v) is 5.10. The quantitative estimate of drug-likeness (QED) is 0.831. The van der Waals surface area contributed by atoms with Crippen LogP contribution in [-0.4, -0.2) is 31.1 Å². The fraction of sp³-hybridized carbons (Fsp3) is 0.467. The first-order valence-corrected chi connectivity index (χ1v) is 6.80. The minimum absolute atomic E-state index is 0.0116. The standard InChI is InChI=1S/C15H20N2O3/c1-10(18)11-3-5-12(6-4-11)16-15(19)17-13-7-8-14(9-13)20-2/h3-6,13-14H,7-9H2,1-2H3,(H2,16,17,19). The summed E-state index contributed by atoms with van der Waals surface area (Å²) in [6, 6.07) is 6.80. The van der Waals surface area contributed by atoms with Crippen molar-refractivity contribution in [3.05, 3.63) is 29.8 Å². The van der Waals surface area contributed by atoms with Gasteiger partial charge in [-0.1, -0.05) is 0 Å². The Labute approximate surface area is 118 Å². The molecule has 0 radical (unpaired) electrons. The van der Waals surface area contributed by atoms with Gasteiger partial charge in [0.15, 0.2) is 5.78 Å². The van der Waals surface area contributed by atoms with Gasteiger partial charge in [-0.25, -0.2) is 4.79 Å². The minimum atomic E-state index is -0.220. The van der Waals surface area contributed by atoms with Crippen molar-refractivity contribution in [1.82, 2.24) is 5.32 Å². The Bertz CT molecular complexity index is 484. The van der Waals surface area contributed by atoms with Crippen LogP contribution in [0.5, 0.6) is 0 Å². The number of amides is 2. The second-order valence-electron chi connectivity index (χ2n) is 5.10. The highest BCUT2D eigenvalue weighted by molar-refractivity contribution is 5.95. The van der Waals surface area contributed by atoms with Crippen molar-refractivity contribution < 1.29 is 14.3 Å². The molecule has 1 fully saturated rings. The topological polar surface area (TPSA) is 67.4 Å². The Balaban J connectivity index is 1.84. The summed E-state index contributed by atoms with van der Waals surface area (Å²) in [5.74, 6) is 0.0116. The van der Waals surface area contributed by atoms with Crippen LogP contribution in [0.25, 0.3) is 0 Å². The highest BCUT2D eigenvalue weighted by Gasteiger charge is 2.25. The highest BCUT2D eigenvalue weighted by Crippen LogP contribution is 2.21. The molecule has 1 saturated carbocycles. The van der Waals surface area contributed by atoms with Gasteiger partial charge < -0.3 is 15.4 Å². The average Bonchev–Trinajstić information content (AvgIpc) is 2.86. The number of nitrogens with one attached hydrogen (secondary N) is 2. The molecule has 0 aromatic heterocycles. The number of methoxy groups -OCH3 is 1. The van der Waals surface area contributed by atoms with Crippen LogP contribution >= 0.6 is 0 Å². The van der Waals surface area contributed by atoms with Gasteiger partial charge in [0.05, 0.1) is 6.10 Å². The highest BCUT2D eigenvalue weighted by atomic mass is 16.5. The predicted molar refractivity (Wildman–Crippen MR) is 77.0 cm³/mol. The summed E-state index contributed by atoms with van der Waals surface area (Å²) in [4.78, 5) is 23.0. The number of hydrogen-bond acceptors (Lipinski definition) is 3. The molecule has 2 atom stereocenters. The fourth-order valence-corrected chi connectivity index (χ4v) is 2.43.